The molecule has 5 unspecified atom stereocenters. The van der Waals surface area contributed by atoms with E-state index in [9.17, 15) is 14.4 Å². The van der Waals surface area contributed by atoms with Crippen LogP contribution < -0.4 is 0 Å². The molecule has 1 heterocycles. The maximum atomic E-state index is 12.5. The third-order valence-electron chi connectivity index (χ3n) is 11.6. The van der Waals surface area contributed by atoms with Gasteiger partial charge in [-0.25, -0.2) is 0 Å². The Labute approximate surface area is 252 Å². The van der Waals surface area contributed by atoms with Crippen molar-refractivity contribution in [3.63, 3.8) is 0 Å². The molecule has 0 radical (unpaired) electrons. The molecule has 0 amide bonds. The van der Waals surface area contributed by atoms with Crippen LogP contribution in [0, 0.1) is 52.3 Å². The molecule has 0 aromatic carbocycles. The molecule has 0 aromatic heterocycles. The lowest BCUT2D eigenvalue weighted by atomic mass is 9.50. The lowest BCUT2D eigenvalue weighted by Gasteiger charge is -2.59. The molecule has 6 aliphatic carbocycles. The van der Waals surface area contributed by atoms with Crippen LogP contribution in [-0.2, 0) is 28.6 Å². The summed E-state index contributed by atoms with van der Waals surface area (Å²) in [7, 11) is 0. The van der Waals surface area contributed by atoms with Crippen molar-refractivity contribution in [1.82, 2.24) is 0 Å². The molecule has 1 saturated heterocycles. The Morgan fingerprint density at radius 3 is 1.78 bits per heavy atom. The van der Waals surface area contributed by atoms with Crippen LogP contribution in [0.1, 0.15) is 136 Å². The predicted molar refractivity (Wildman–Crippen MR) is 166 cm³/mol. The summed E-state index contributed by atoms with van der Waals surface area (Å²) in [5.41, 5.74) is -0.960. The summed E-state index contributed by atoms with van der Waals surface area (Å²) in [6, 6.07) is 0. The molecule has 6 bridgehead atoms. The molecule has 240 valence electrons. The van der Waals surface area contributed by atoms with Crippen LogP contribution in [0.2, 0.25) is 0 Å². The van der Waals surface area contributed by atoms with Crippen LogP contribution in [0.5, 0.6) is 0 Å². The van der Waals surface area contributed by atoms with Crippen molar-refractivity contribution in [3.05, 3.63) is 0 Å². The lowest BCUT2D eigenvalue weighted by molar-refractivity contribution is -0.211. The first-order valence-corrected chi connectivity index (χ1v) is 14.9. The smallest absolute Gasteiger partial charge is 0.312 e. The van der Waals surface area contributed by atoms with Gasteiger partial charge in [0.25, 0.3) is 0 Å². The van der Waals surface area contributed by atoms with E-state index < -0.39 is 5.41 Å². The summed E-state index contributed by atoms with van der Waals surface area (Å²) < 4.78 is 17.2. The van der Waals surface area contributed by atoms with Gasteiger partial charge in [-0.1, -0.05) is 43.6 Å². The number of carbonyl (C=O) groups is 3. The predicted octanol–water partition coefficient (Wildman–Crippen LogP) is 8.64. The van der Waals surface area contributed by atoms with E-state index in [0.29, 0.717) is 23.7 Å². The van der Waals surface area contributed by atoms with Crippen molar-refractivity contribution >= 4 is 17.9 Å². The average Bonchev–Trinajstić information content (AvgIpc) is 3.48. The molecule has 7 rings (SSSR count). The van der Waals surface area contributed by atoms with E-state index in [-0.39, 0.29) is 76.8 Å². The number of hydrogen-bond donors (Lipinski definition) is 0. The van der Waals surface area contributed by atoms with Crippen molar-refractivity contribution in [2.45, 2.75) is 154 Å². The van der Waals surface area contributed by atoms with E-state index in [4.69, 9.17) is 14.2 Å². The van der Waals surface area contributed by atoms with E-state index in [1.54, 1.807) is 0 Å². The van der Waals surface area contributed by atoms with Crippen LogP contribution in [0.4, 0.5) is 0 Å². The number of rotatable bonds is 6. The minimum absolute atomic E-state index is 0. The third kappa shape index (κ3) is 6.37. The molecule has 5 atom stereocenters. The second-order valence-electron chi connectivity index (χ2n) is 14.6. The largest absolute Gasteiger partial charge is 0.458 e. The molecule has 1 aliphatic heterocycles. The molecule has 0 spiro atoms. The first-order chi connectivity index (χ1) is 17.3. The first kappa shape index (κ1) is 37.4. The van der Waals surface area contributed by atoms with Gasteiger partial charge in [0.05, 0.1) is 16.7 Å². The summed E-state index contributed by atoms with van der Waals surface area (Å²) in [5.74, 6) is 3.57. The Kier molecular flexibility index (Phi) is 11.8. The van der Waals surface area contributed by atoms with Crippen molar-refractivity contribution < 1.29 is 28.6 Å². The fraction of sp³-hybridized carbons (Fsp3) is 0.914. The van der Waals surface area contributed by atoms with E-state index in [2.05, 4.69) is 13.8 Å². The zero-order valence-electron chi connectivity index (χ0n) is 24.0. The summed E-state index contributed by atoms with van der Waals surface area (Å²) in [6.45, 7) is 14.1. The lowest BCUT2D eigenvalue weighted by Crippen LogP contribution is -2.58. The van der Waals surface area contributed by atoms with Crippen LogP contribution in [0.3, 0.4) is 0 Å². The van der Waals surface area contributed by atoms with Gasteiger partial charge in [0.1, 0.15) is 17.8 Å². The number of fused-ring (bicyclic) bond motifs is 1. The molecule has 0 aromatic rings. The Bertz CT molecular complexity index is 907. The highest BCUT2D eigenvalue weighted by Gasteiger charge is 2.63. The van der Waals surface area contributed by atoms with Crippen LogP contribution >= 0.6 is 0 Å². The first-order valence-electron chi connectivity index (χ1n) is 14.9. The number of esters is 3. The Balaban J connectivity index is 0.000000374. The van der Waals surface area contributed by atoms with Crippen molar-refractivity contribution in [3.8, 4) is 0 Å². The topological polar surface area (TPSA) is 78.9 Å². The van der Waals surface area contributed by atoms with Gasteiger partial charge in [0, 0.05) is 11.8 Å². The zero-order chi connectivity index (χ0) is 26.9. The molecule has 6 saturated carbocycles. The second-order valence-corrected chi connectivity index (χ2v) is 14.6. The maximum absolute atomic E-state index is 12.5. The average molecular weight is 581 g/mol. The standard InChI is InChI=1S/C17H28O2.C14H20O4.4CH4/c1-5-16(2,3)15(18)19-17(4)13-7-11-6-12(9-13)10-14(17)8-11;1-4-14(2,3)13(16)18-10-7-5-8-9(6-7)12(15)17-11(8)10;;;;/h11-14H,5-10H2,1-4H3;7-11H,4-6H2,1-3H3;4*1H4. The molecule has 6 nitrogen and oxygen atoms in total. The SMILES string of the molecule is C.C.C.C.CCC(C)(C)C(=O)OC1(C)C2CC3CC(C2)CC1C3.CCC(C)(C)C(=O)OC1C2CC3C(=O)OC1C3C2. The fourth-order valence-corrected chi connectivity index (χ4v) is 8.26. The van der Waals surface area contributed by atoms with Gasteiger partial charge in [0.2, 0.25) is 0 Å². The second kappa shape index (κ2) is 13.0. The van der Waals surface area contributed by atoms with Crippen LogP contribution in [0.25, 0.3) is 0 Å². The fourth-order valence-electron chi connectivity index (χ4n) is 8.26. The van der Waals surface area contributed by atoms with Gasteiger partial charge in [-0.2, -0.15) is 0 Å². The van der Waals surface area contributed by atoms with Gasteiger partial charge < -0.3 is 14.2 Å². The Morgan fingerprint density at radius 2 is 1.29 bits per heavy atom. The third-order valence-corrected chi connectivity index (χ3v) is 11.6. The molecule has 7 fully saturated rings. The number of ether oxygens (including phenoxy) is 3. The number of carbonyl (C=O) groups excluding carboxylic acids is 3. The highest BCUT2D eigenvalue weighted by atomic mass is 16.6. The normalized spacial score (nSPS) is 38.6. The highest BCUT2D eigenvalue weighted by molar-refractivity contribution is 5.78. The van der Waals surface area contributed by atoms with E-state index in [0.717, 1.165) is 37.5 Å². The van der Waals surface area contributed by atoms with Gasteiger partial charge in [-0.05, 0) is 116 Å². The molecule has 0 N–H and O–H groups in total. The van der Waals surface area contributed by atoms with Gasteiger partial charge in [-0.3, -0.25) is 14.4 Å². The molecule has 6 heteroatoms. The van der Waals surface area contributed by atoms with Crippen molar-refractivity contribution in [2.75, 3.05) is 0 Å². The molecular formula is C35H64O6. The van der Waals surface area contributed by atoms with Crippen LogP contribution in [-0.4, -0.2) is 35.7 Å². The van der Waals surface area contributed by atoms with Gasteiger partial charge in [0.15, 0.2) is 0 Å². The summed E-state index contributed by atoms with van der Waals surface area (Å²) in [6.07, 6.45) is 9.67. The summed E-state index contributed by atoms with van der Waals surface area (Å²) >= 11 is 0. The highest BCUT2D eigenvalue weighted by Crippen LogP contribution is 2.60. The van der Waals surface area contributed by atoms with Crippen molar-refractivity contribution in [2.24, 2.45) is 52.3 Å². The van der Waals surface area contributed by atoms with E-state index in [1.807, 2.05) is 34.6 Å². The molecule has 7 aliphatic rings. The minimum atomic E-state index is -0.455. The van der Waals surface area contributed by atoms with E-state index in [1.165, 1.54) is 32.1 Å². The Hall–Kier alpha value is -1.59. The zero-order valence-corrected chi connectivity index (χ0v) is 24.0. The van der Waals surface area contributed by atoms with E-state index >= 15 is 0 Å². The van der Waals surface area contributed by atoms with Gasteiger partial charge in [-0.15, -0.1) is 0 Å². The minimum Gasteiger partial charge on any atom is -0.458 e. The quantitative estimate of drug-likeness (QED) is 0.231. The van der Waals surface area contributed by atoms with Crippen molar-refractivity contribution in [1.29, 1.82) is 0 Å². The molecular weight excluding hydrogens is 516 g/mol. The number of hydrogen-bond acceptors (Lipinski definition) is 6. The summed E-state index contributed by atoms with van der Waals surface area (Å²) in [5, 5.41) is 0. The maximum Gasteiger partial charge on any atom is 0.312 e. The molecule has 41 heavy (non-hydrogen) atoms. The summed E-state index contributed by atoms with van der Waals surface area (Å²) in [4.78, 5) is 36.2. The Morgan fingerprint density at radius 1 is 0.805 bits per heavy atom. The van der Waals surface area contributed by atoms with Crippen LogP contribution in [0.15, 0.2) is 0 Å². The monoisotopic (exact) mass is 580 g/mol. The van der Waals surface area contributed by atoms with Gasteiger partial charge >= 0.3 is 17.9 Å².